The summed E-state index contributed by atoms with van der Waals surface area (Å²) >= 11 is 0. The second-order valence-corrected chi connectivity index (χ2v) is 6.18. The number of nitrogens with one attached hydrogen (secondary N) is 1. The van der Waals surface area contributed by atoms with Crippen LogP contribution in [0.5, 0.6) is 0 Å². The van der Waals surface area contributed by atoms with Crippen LogP contribution in [0, 0.1) is 5.82 Å². The summed E-state index contributed by atoms with van der Waals surface area (Å²) in [6.07, 6.45) is 1.85. The predicted octanol–water partition coefficient (Wildman–Crippen LogP) is 2.64. The third-order valence-electron chi connectivity index (χ3n) is 4.29. The maximum Gasteiger partial charge on any atom is 0.297 e. The Bertz CT molecular complexity index is 1200. The minimum absolute atomic E-state index is 0.131. The number of hydrogen-bond acceptors (Lipinski definition) is 4. The summed E-state index contributed by atoms with van der Waals surface area (Å²) in [6.45, 7) is 0.180. The monoisotopic (exact) mass is 365 g/mol. The van der Waals surface area contributed by atoms with Crippen LogP contribution in [0.2, 0.25) is 0 Å². The molecule has 2 aromatic heterocycles. The van der Waals surface area contributed by atoms with Crippen molar-refractivity contribution < 1.29 is 13.6 Å². The van der Waals surface area contributed by atoms with E-state index in [1.807, 2.05) is 18.2 Å². The van der Waals surface area contributed by atoms with Gasteiger partial charge in [-0.1, -0.05) is 24.3 Å². The molecule has 2 aromatic carbocycles. The first-order valence-electron chi connectivity index (χ1n) is 8.49. The molecule has 136 valence electrons. The summed E-state index contributed by atoms with van der Waals surface area (Å²) in [4.78, 5) is 29.0. The second kappa shape index (κ2) is 7.03. The fourth-order valence-corrected chi connectivity index (χ4v) is 2.98. The first-order chi connectivity index (χ1) is 13.1. The van der Waals surface area contributed by atoms with Gasteiger partial charge in [-0.3, -0.25) is 14.2 Å². The van der Waals surface area contributed by atoms with Gasteiger partial charge in [-0.25, -0.2) is 9.37 Å². The number of rotatable bonds is 5. The van der Waals surface area contributed by atoms with Crippen molar-refractivity contribution in [3.05, 3.63) is 76.6 Å². The summed E-state index contributed by atoms with van der Waals surface area (Å²) in [6, 6.07) is 13.5. The molecule has 1 N–H and O–H groups in total. The van der Waals surface area contributed by atoms with Gasteiger partial charge in [0.15, 0.2) is 0 Å². The number of benzene rings is 2. The average molecular weight is 365 g/mol. The molecule has 0 aliphatic carbocycles. The lowest BCUT2D eigenvalue weighted by Crippen LogP contribution is -2.33. The highest BCUT2D eigenvalue weighted by Crippen LogP contribution is 2.23. The normalized spacial score (nSPS) is 11.1. The van der Waals surface area contributed by atoms with Gasteiger partial charge in [-0.05, 0) is 36.2 Å². The minimum Gasteiger partial charge on any atom is -0.448 e. The lowest BCUT2D eigenvalue weighted by molar-refractivity contribution is -0.121. The van der Waals surface area contributed by atoms with Crippen LogP contribution in [-0.4, -0.2) is 22.0 Å². The van der Waals surface area contributed by atoms with Gasteiger partial charge < -0.3 is 9.73 Å². The van der Waals surface area contributed by atoms with E-state index < -0.39 is 5.56 Å². The molecule has 0 spiro atoms. The van der Waals surface area contributed by atoms with E-state index in [1.165, 1.54) is 23.0 Å². The molecule has 0 aliphatic heterocycles. The molecule has 4 aromatic rings. The predicted molar refractivity (Wildman–Crippen MR) is 98.9 cm³/mol. The van der Waals surface area contributed by atoms with E-state index in [1.54, 1.807) is 18.2 Å². The Kier molecular flexibility index (Phi) is 4.42. The number of furan rings is 1. The van der Waals surface area contributed by atoms with Gasteiger partial charge in [0.1, 0.15) is 23.5 Å². The number of amides is 1. The number of aromatic nitrogens is 2. The molecule has 6 nitrogen and oxygen atoms in total. The van der Waals surface area contributed by atoms with Crippen molar-refractivity contribution in [1.29, 1.82) is 0 Å². The average Bonchev–Trinajstić information content (AvgIpc) is 3.04. The third kappa shape index (κ3) is 3.44. The number of fused-ring (bicyclic) bond motifs is 3. The fourth-order valence-electron chi connectivity index (χ4n) is 2.98. The van der Waals surface area contributed by atoms with E-state index in [4.69, 9.17) is 4.42 Å². The van der Waals surface area contributed by atoms with Gasteiger partial charge in [-0.15, -0.1) is 0 Å². The van der Waals surface area contributed by atoms with Crippen LogP contribution in [0.15, 0.2) is 64.1 Å². The minimum atomic E-state index is -0.406. The molecule has 7 heteroatoms. The highest BCUT2D eigenvalue weighted by Gasteiger charge is 2.14. The van der Waals surface area contributed by atoms with Gasteiger partial charge in [0, 0.05) is 11.9 Å². The lowest BCUT2D eigenvalue weighted by Gasteiger charge is -2.07. The summed E-state index contributed by atoms with van der Waals surface area (Å²) in [7, 11) is 0. The first kappa shape index (κ1) is 17.0. The number of hydrogen-bond donors (Lipinski definition) is 1. The van der Waals surface area contributed by atoms with Crippen molar-refractivity contribution >= 4 is 28.0 Å². The van der Waals surface area contributed by atoms with Crippen LogP contribution in [0.1, 0.15) is 5.56 Å². The molecule has 4 rings (SSSR count). The van der Waals surface area contributed by atoms with E-state index in [0.717, 1.165) is 10.9 Å². The van der Waals surface area contributed by atoms with Crippen LogP contribution >= 0.6 is 0 Å². The van der Waals surface area contributed by atoms with Crippen LogP contribution in [0.25, 0.3) is 22.1 Å². The first-order valence-corrected chi connectivity index (χ1v) is 8.49. The second-order valence-electron chi connectivity index (χ2n) is 6.18. The molecular formula is C20H16FN3O3. The zero-order valence-electron chi connectivity index (χ0n) is 14.3. The SMILES string of the molecule is O=C(Cn1cnc2c(oc3ccccc32)c1=O)NCCc1cccc(F)c1. The number of halogens is 1. The summed E-state index contributed by atoms with van der Waals surface area (Å²) < 4.78 is 20.0. The molecule has 0 aliphatic rings. The van der Waals surface area contributed by atoms with E-state index in [-0.39, 0.29) is 23.9 Å². The van der Waals surface area contributed by atoms with Crippen LogP contribution in [0.3, 0.4) is 0 Å². The van der Waals surface area contributed by atoms with Crippen LogP contribution in [-0.2, 0) is 17.8 Å². The number of nitrogens with zero attached hydrogens (tertiary/aromatic N) is 2. The van der Waals surface area contributed by atoms with E-state index >= 15 is 0 Å². The number of carbonyl (C=O) groups excluding carboxylic acids is 1. The highest BCUT2D eigenvalue weighted by molar-refractivity contribution is 6.01. The van der Waals surface area contributed by atoms with Crippen molar-refractivity contribution in [2.75, 3.05) is 6.54 Å². The zero-order valence-corrected chi connectivity index (χ0v) is 14.3. The van der Waals surface area contributed by atoms with Crippen LogP contribution < -0.4 is 10.9 Å². The van der Waals surface area contributed by atoms with Crippen molar-refractivity contribution in [3.8, 4) is 0 Å². The van der Waals surface area contributed by atoms with Crippen molar-refractivity contribution in [1.82, 2.24) is 14.9 Å². The fraction of sp³-hybridized carbons (Fsp3) is 0.150. The molecule has 0 atom stereocenters. The summed E-state index contributed by atoms with van der Waals surface area (Å²) in [5.74, 6) is -0.638. The Balaban J connectivity index is 1.46. The quantitative estimate of drug-likeness (QED) is 0.590. The molecular weight excluding hydrogens is 349 g/mol. The van der Waals surface area contributed by atoms with E-state index in [0.29, 0.717) is 24.1 Å². The van der Waals surface area contributed by atoms with Gasteiger partial charge >= 0.3 is 0 Å². The molecule has 1 amide bonds. The zero-order chi connectivity index (χ0) is 18.8. The smallest absolute Gasteiger partial charge is 0.297 e. The Morgan fingerprint density at radius 3 is 2.89 bits per heavy atom. The molecule has 0 unspecified atom stereocenters. The van der Waals surface area contributed by atoms with Crippen molar-refractivity contribution in [2.24, 2.45) is 0 Å². The molecule has 2 heterocycles. The molecule has 0 saturated carbocycles. The van der Waals surface area contributed by atoms with Gasteiger partial charge in [0.05, 0.1) is 6.33 Å². The number of para-hydroxylation sites is 1. The van der Waals surface area contributed by atoms with Gasteiger partial charge in [-0.2, -0.15) is 0 Å². The Morgan fingerprint density at radius 2 is 2.04 bits per heavy atom. The Labute approximate surface area is 153 Å². The van der Waals surface area contributed by atoms with E-state index in [9.17, 15) is 14.0 Å². The summed E-state index contributed by atoms with van der Waals surface area (Å²) in [5, 5.41) is 3.48. The Hall–Kier alpha value is -3.48. The van der Waals surface area contributed by atoms with Crippen molar-refractivity contribution in [3.63, 3.8) is 0 Å². The Morgan fingerprint density at radius 1 is 1.19 bits per heavy atom. The molecule has 27 heavy (non-hydrogen) atoms. The maximum atomic E-state index is 13.1. The standard InChI is InChI=1S/C20H16FN3O3/c21-14-5-3-4-13(10-14)8-9-22-17(25)11-24-12-23-18-15-6-1-2-7-16(15)27-19(18)20(24)26/h1-7,10,12H,8-9,11H2,(H,22,25). The molecule has 0 bridgehead atoms. The lowest BCUT2D eigenvalue weighted by atomic mass is 10.1. The maximum absolute atomic E-state index is 13.1. The van der Waals surface area contributed by atoms with E-state index in [2.05, 4.69) is 10.3 Å². The number of carbonyl (C=O) groups is 1. The third-order valence-corrected chi connectivity index (χ3v) is 4.29. The molecule has 0 saturated heterocycles. The van der Waals surface area contributed by atoms with Crippen molar-refractivity contribution in [2.45, 2.75) is 13.0 Å². The highest BCUT2D eigenvalue weighted by atomic mass is 19.1. The molecule has 0 radical (unpaired) electrons. The molecule has 0 fully saturated rings. The summed E-state index contributed by atoms with van der Waals surface area (Å²) in [5.41, 5.74) is 1.58. The largest absolute Gasteiger partial charge is 0.448 e. The topological polar surface area (TPSA) is 77.1 Å². The van der Waals surface area contributed by atoms with Gasteiger partial charge in [0.2, 0.25) is 11.5 Å². The van der Waals surface area contributed by atoms with Crippen LogP contribution in [0.4, 0.5) is 4.39 Å². The van der Waals surface area contributed by atoms with Gasteiger partial charge in [0.25, 0.3) is 5.56 Å².